The summed E-state index contributed by atoms with van der Waals surface area (Å²) in [6.07, 6.45) is 2.00. The normalized spacial score (nSPS) is 19.7. The number of carbonyl (C=O) groups is 1. The molecule has 1 aliphatic heterocycles. The van der Waals surface area contributed by atoms with Gasteiger partial charge in [-0.05, 0) is 55.9 Å². The number of amides is 1. The quantitative estimate of drug-likeness (QED) is 0.856. The molecule has 1 unspecified atom stereocenters. The maximum Gasteiger partial charge on any atom is 0.237 e. The van der Waals surface area contributed by atoms with Crippen LogP contribution in [0.15, 0.2) is 12.1 Å². The van der Waals surface area contributed by atoms with Gasteiger partial charge < -0.3 is 10.6 Å². The fraction of sp³-hybridized carbons (Fsp3) is 0.533. The van der Waals surface area contributed by atoms with E-state index in [-0.39, 0.29) is 11.9 Å². The lowest BCUT2D eigenvalue weighted by molar-refractivity contribution is -0.124. The van der Waals surface area contributed by atoms with E-state index in [1.165, 1.54) is 22.3 Å². The molecule has 3 heteroatoms. The highest BCUT2D eigenvalue weighted by atomic mass is 16.2. The molecule has 1 aliphatic rings. The average molecular weight is 246 g/mol. The molecule has 2 N–H and O–H groups in total. The van der Waals surface area contributed by atoms with Crippen LogP contribution in [0.1, 0.15) is 35.1 Å². The van der Waals surface area contributed by atoms with Gasteiger partial charge in [-0.15, -0.1) is 0 Å². The second-order valence-electron chi connectivity index (χ2n) is 5.23. The predicted molar refractivity (Wildman–Crippen MR) is 73.5 cm³/mol. The van der Waals surface area contributed by atoms with Gasteiger partial charge in [0.15, 0.2) is 0 Å². The van der Waals surface area contributed by atoms with Crippen molar-refractivity contribution in [2.45, 2.75) is 46.2 Å². The lowest BCUT2D eigenvalue weighted by Crippen LogP contribution is -2.47. The molecule has 0 spiro atoms. The largest absolute Gasteiger partial charge is 0.355 e. The van der Waals surface area contributed by atoms with Crippen molar-refractivity contribution in [2.24, 2.45) is 0 Å². The number of rotatable bonds is 3. The number of hydrogen-bond donors (Lipinski definition) is 2. The van der Waals surface area contributed by atoms with Crippen molar-refractivity contribution in [3.63, 3.8) is 0 Å². The molecular weight excluding hydrogens is 224 g/mol. The van der Waals surface area contributed by atoms with Crippen LogP contribution in [0.3, 0.4) is 0 Å². The van der Waals surface area contributed by atoms with E-state index in [9.17, 15) is 4.79 Å². The van der Waals surface area contributed by atoms with Crippen molar-refractivity contribution in [2.75, 3.05) is 6.54 Å². The number of hydrogen-bond acceptors (Lipinski definition) is 2. The maximum atomic E-state index is 11.6. The number of piperidine rings is 1. The summed E-state index contributed by atoms with van der Waals surface area (Å²) in [7, 11) is 0. The van der Waals surface area contributed by atoms with Gasteiger partial charge in [0.2, 0.25) is 5.91 Å². The molecule has 0 bridgehead atoms. The summed E-state index contributed by atoms with van der Waals surface area (Å²) in [5.41, 5.74) is 5.22. The van der Waals surface area contributed by atoms with Crippen molar-refractivity contribution in [3.05, 3.63) is 34.4 Å². The molecule has 1 saturated heterocycles. The minimum Gasteiger partial charge on any atom is -0.355 e. The third-order valence-electron chi connectivity index (χ3n) is 3.78. The van der Waals surface area contributed by atoms with Crippen LogP contribution in [0.4, 0.5) is 0 Å². The van der Waals surface area contributed by atoms with Crippen LogP contribution in [0.5, 0.6) is 0 Å². The average Bonchev–Trinajstić information content (AvgIpc) is 2.34. The Morgan fingerprint density at radius 1 is 1.22 bits per heavy atom. The highest BCUT2D eigenvalue weighted by Gasteiger charge is 2.21. The topological polar surface area (TPSA) is 41.1 Å². The van der Waals surface area contributed by atoms with Crippen LogP contribution in [0.25, 0.3) is 0 Å². The maximum absolute atomic E-state index is 11.6. The van der Waals surface area contributed by atoms with Gasteiger partial charge in [-0.2, -0.15) is 0 Å². The van der Waals surface area contributed by atoms with Crippen molar-refractivity contribution in [1.29, 1.82) is 0 Å². The van der Waals surface area contributed by atoms with Crippen LogP contribution in [-0.2, 0) is 11.3 Å². The van der Waals surface area contributed by atoms with Gasteiger partial charge in [0, 0.05) is 13.1 Å². The van der Waals surface area contributed by atoms with Crippen LogP contribution in [0.2, 0.25) is 0 Å². The first-order chi connectivity index (χ1) is 8.58. The van der Waals surface area contributed by atoms with E-state index in [4.69, 9.17) is 0 Å². The van der Waals surface area contributed by atoms with E-state index >= 15 is 0 Å². The fourth-order valence-corrected chi connectivity index (χ4v) is 2.41. The summed E-state index contributed by atoms with van der Waals surface area (Å²) in [6.45, 7) is 7.98. The van der Waals surface area contributed by atoms with Crippen LogP contribution in [-0.4, -0.2) is 18.5 Å². The summed E-state index contributed by atoms with van der Waals surface area (Å²) >= 11 is 0. The highest BCUT2D eigenvalue weighted by molar-refractivity contribution is 5.82. The van der Waals surface area contributed by atoms with Gasteiger partial charge in [-0.1, -0.05) is 12.1 Å². The molecule has 98 valence electrons. The fourth-order valence-electron chi connectivity index (χ4n) is 2.41. The Kier molecular flexibility index (Phi) is 4.02. The SMILES string of the molecule is Cc1cc(C)c(CNC2CCCNC2=O)cc1C. The number of benzene rings is 1. The monoisotopic (exact) mass is 246 g/mol. The zero-order valence-corrected chi connectivity index (χ0v) is 11.5. The number of carbonyl (C=O) groups excluding carboxylic acids is 1. The van der Waals surface area contributed by atoms with Crippen LogP contribution >= 0.6 is 0 Å². The predicted octanol–water partition coefficient (Wildman–Crippen LogP) is 1.98. The van der Waals surface area contributed by atoms with Crippen LogP contribution in [0, 0.1) is 20.8 Å². The van der Waals surface area contributed by atoms with Gasteiger partial charge in [-0.25, -0.2) is 0 Å². The Balaban J connectivity index is 2.01. The summed E-state index contributed by atoms with van der Waals surface area (Å²) in [4.78, 5) is 11.6. The molecule has 0 saturated carbocycles. The molecule has 1 fully saturated rings. The van der Waals surface area contributed by atoms with Gasteiger partial charge in [-0.3, -0.25) is 4.79 Å². The van der Waals surface area contributed by atoms with Crippen molar-refractivity contribution < 1.29 is 4.79 Å². The number of aryl methyl sites for hydroxylation is 3. The minimum absolute atomic E-state index is 0.0280. The van der Waals surface area contributed by atoms with Crippen molar-refractivity contribution in [1.82, 2.24) is 10.6 Å². The van der Waals surface area contributed by atoms with Gasteiger partial charge >= 0.3 is 0 Å². The Bertz CT molecular complexity index is 454. The Labute approximate surface area is 109 Å². The molecule has 1 aromatic rings. The molecular formula is C15H22N2O. The Hall–Kier alpha value is -1.35. The first-order valence-electron chi connectivity index (χ1n) is 6.66. The lowest BCUT2D eigenvalue weighted by Gasteiger charge is -2.23. The zero-order valence-electron chi connectivity index (χ0n) is 11.5. The second kappa shape index (κ2) is 5.53. The highest BCUT2D eigenvalue weighted by Crippen LogP contribution is 2.15. The minimum atomic E-state index is -0.0280. The Morgan fingerprint density at radius 3 is 2.67 bits per heavy atom. The van der Waals surface area contributed by atoms with E-state index < -0.39 is 0 Å². The number of nitrogens with one attached hydrogen (secondary N) is 2. The third kappa shape index (κ3) is 2.91. The van der Waals surface area contributed by atoms with Crippen molar-refractivity contribution in [3.8, 4) is 0 Å². The van der Waals surface area contributed by atoms with Gasteiger partial charge in [0.05, 0.1) is 6.04 Å². The molecule has 0 aliphatic carbocycles. The molecule has 3 nitrogen and oxygen atoms in total. The first kappa shape index (κ1) is 13.1. The summed E-state index contributed by atoms with van der Waals surface area (Å²) in [5, 5.41) is 6.27. The summed E-state index contributed by atoms with van der Waals surface area (Å²) < 4.78 is 0. The lowest BCUT2D eigenvalue weighted by atomic mass is 10.00. The Morgan fingerprint density at radius 2 is 1.94 bits per heavy atom. The van der Waals surface area contributed by atoms with Crippen molar-refractivity contribution >= 4 is 5.91 Å². The zero-order chi connectivity index (χ0) is 13.1. The van der Waals surface area contributed by atoms with E-state index in [1.807, 2.05) is 0 Å². The van der Waals surface area contributed by atoms with E-state index in [0.29, 0.717) is 0 Å². The molecule has 0 aromatic heterocycles. The molecule has 0 radical (unpaired) electrons. The molecule has 1 atom stereocenters. The van der Waals surface area contributed by atoms with Crippen LogP contribution < -0.4 is 10.6 Å². The van der Waals surface area contributed by atoms with E-state index in [2.05, 4.69) is 43.5 Å². The third-order valence-corrected chi connectivity index (χ3v) is 3.78. The standard InChI is InChI=1S/C15H22N2O/c1-10-7-12(3)13(8-11(10)2)9-17-14-5-4-6-16-15(14)18/h7-8,14,17H,4-6,9H2,1-3H3,(H,16,18). The first-order valence-corrected chi connectivity index (χ1v) is 6.66. The molecule has 2 rings (SSSR count). The summed E-state index contributed by atoms with van der Waals surface area (Å²) in [6, 6.07) is 4.41. The summed E-state index contributed by atoms with van der Waals surface area (Å²) in [5.74, 6) is 0.141. The van der Waals surface area contributed by atoms with Gasteiger partial charge in [0.25, 0.3) is 0 Å². The van der Waals surface area contributed by atoms with E-state index in [1.54, 1.807) is 0 Å². The van der Waals surface area contributed by atoms with Gasteiger partial charge in [0.1, 0.15) is 0 Å². The second-order valence-corrected chi connectivity index (χ2v) is 5.23. The molecule has 1 heterocycles. The molecule has 1 amide bonds. The molecule has 1 aromatic carbocycles. The van der Waals surface area contributed by atoms with E-state index in [0.717, 1.165) is 25.9 Å². The smallest absolute Gasteiger partial charge is 0.237 e. The molecule has 18 heavy (non-hydrogen) atoms.